The van der Waals surface area contributed by atoms with Gasteiger partial charge in [-0.3, -0.25) is 9.69 Å². The van der Waals surface area contributed by atoms with Crippen molar-refractivity contribution in [1.82, 2.24) is 9.80 Å². The molecule has 0 atom stereocenters. The SMILES string of the molecule is NCCN(CC(=O)N1CCCCC1)Cc1ccccc1. The van der Waals surface area contributed by atoms with E-state index in [4.69, 9.17) is 5.73 Å². The quantitative estimate of drug-likeness (QED) is 0.855. The van der Waals surface area contributed by atoms with Gasteiger partial charge in [0.1, 0.15) is 0 Å². The number of carbonyl (C=O) groups excluding carboxylic acids is 1. The molecule has 20 heavy (non-hydrogen) atoms. The summed E-state index contributed by atoms with van der Waals surface area (Å²) in [4.78, 5) is 16.5. The van der Waals surface area contributed by atoms with Gasteiger partial charge in [0.25, 0.3) is 0 Å². The summed E-state index contributed by atoms with van der Waals surface area (Å²) in [6, 6.07) is 10.3. The molecule has 2 N–H and O–H groups in total. The molecule has 1 saturated heterocycles. The van der Waals surface area contributed by atoms with Crippen molar-refractivity contribution in [2.45, 2.75) is 25.8 Å². The van der Waals surface area contributed by atoms with Crippen LogP contribution in [0.4, 0.5) is 0 Å². The van der Waals surface area contributed by atoms with Crippen molar-refractivity contribution in [3.05, 3.63) is 35.9 Å². The first-order chi connectivity index (χ1) is 9.79. The molecule has 0 bridgehead atoms. The van der Waals surface area contributed by atoms with Gasteiger partial charge in [-0.1, -0.05) is 30.3 Å². The number of rotatable bonds is 6. The second kappa shape index (κ2) is 8.02. The third-order valence-electron chi connectivity index (χ3n) is 3.76. The molecule has 0 aromatic heterocycles. The molecule has 1 aliphatic heterocycles. The summed E-state index contributed by atoms with van der Waals surface area (Å²) >= 11 is 0. The first-order valence-electron chi connectivity index (χ1n) is 7.53. The Hall–Kier alpha value is -1.39. The lowest BCUT2D eigenvalue weighted by molar-refractivity contribution is -0.133. The molecule has 110 valence electrons. The van der Waals surface area contributed by atoms with Gasteiger partial charge in [0.2, 0.25) is 5.91 Å². The Morgan fingerprint density at radius 3 is 2.50 bits per heavy atom. The molecule has 0 unspecified atom stereocenters. The Labute approximate surface area is 121 Å². The first-order valence-corrected chi connectivity index (χ1v) is 7.53. The van der Waals surface area contributed by atoms with E-state index in [1.165, 1.54) is 12.0 Å². The number of nitrogens with two attached hydrogens (primary N) is 1. The van der Waals surface area contributed by atoms with Crippen molar-refractivity contribution < 1.29 is 4.79 Å². The highest BCUT2D eigenvalue weighted by atomic mass is 16.2. The van der Waals surface area contributed by atoms with Crippen molar-refractivity contribution in [1.29, 1.82) is 0 Å². The van der Waals surface area contributed by atoms with E-state index >= 15 is 0 Å². The molecular weight excluding hydrogens is 250 g/mol. The molecule has 0 aliphatic carbocycles. The topological polar surface area (TPSA) is 49.6 Å². The van der Waals surface area contributed by atoms with Gasteiger partial charge in [-0.2, -0.15) is 0 Å². The van der Waals surface area contributed by atoms with E-state index in [0.29, 0.717) is 13.1 Å². The number of hydrogen-bond acceptors (Lipinski definition) is 3. The van der Waals surface area contributed by atoms with E-state index in [9.17, 15) is 4.79 Å². The molecule has 2 rings (SSSR count). The summed E-state index contributed by atoms with van der Waals surface area (Å²) in [5.74, 6) is 0.245. The van der Waals surface area contributed by atoms with Crippen molar-refractivity contribution in [3.63, 3.8) is 0 Å². The zero-order valence-electron chi connectivity index (χ0n) is 12.1. The fourth-order valence-corrected chi connectivity index (χ4v) is 2.67. The number of carbonyl (C=O) groups is 1. The number of nitrogens with zero attached hydrogens (tertiary/aromatic N) is 2. The summed E-state index contributed by atoms with van der Waals surface area (Å²) in [6.45, 7) is 4.44. The lowest BCUT2D eigenvalue weighted by Gasteiger charge is -2.30. The molecule has 0 saturated carbocycles. The standard InChI is InChI=1S/C16H25N3O/c17-9-12-18(13-15-7-3-1-4-8-15)14-16(20)19-10-5-2-6-11-19/h1,3-4,7-8H,2,5-6,9-14,17H2. The van der Waals surface area contributed by atoms with Gasteiger partial charge in [-0.05, 0) is 24.8 Å². The molecule has 1 aromatic carbocycles. The van der Waals surface area contributed by atoms with Gasteiger partial charge >= 0.3 is 0 Å². The largest absolute Gasteiger partial charge is 0.342 e. The molecule has 4 heteroatoms. The molecule has 4 nitrogen and oxygen atoms in total. The maximum atomic E-state index is 12.3. The summed E-state index contributed by atoms with van der Waals surface area (Å²) in [5, 5.41) is 0. The number of amides is 1. The van der Waals surface area contributed by atoms with Crippen molar-refractivity contribution in [2.75, 3.05) is 32.7 Å². The third kappa shape index (κ3) is 4.62. The number of likely N-dealkylation sites (tertiary alicyclic amines) is 1. The third-order valence-corrected chi connectivity index (χ3v) is 3.76. The van der Waals surface area contributed by atoms with Crippen LogP contribution in [-0.4, -0.2) is 48.4 Å². The van der Waals surface area contributed by atoms with Crippen LogP contribution in [0.15, 0.2) is 30.3 Å². The van der Waals surface area contributed by atoms with Crippen molar-refractivity contribution in [3.8, 4) is 0 Å². The average molecular weight is 275 g/mol. The first kappa shape index (κ1) is 15.0. The van der Waals surface area contributed by atoms with E-state index in [0.717, 1.165) is 39.0 Å². The predicted molar refractivity (Wildman–Crippen MR) is 81.2 cm³/mol. The minimum atomic E-state index is 0.245. The van der Waals surface area contributed by atoms with E-state index in [-0.39, 0.29) is 5.91 Å². The number of piperidine rings is 1. The van der Waals surface area contributed by atoms with Crippen molar-refractivity contribution >= 4 is 5.91 Å². The van der Waals surface area contributed by atoms with Crippen LogP contribution in [0.2, 0.25) is 0 Å². The average Bonchev–Trinajstić information content (AvgIpc) is 2.49. The Balaban J connectivity index is 1.89. The van der Waals surface area contributed by atoms with Crippen LogP contribution in [0.25, 0.3) is 0 Å². The normalized spacial score (nSPS) is 15.6. The molecule has 1 aromatic rings. The minimum absolute atomic E-state index is 0.245. The van der Waals surface area contributed by atoms with Gasteiger partial charge < -0.3 is 10.6 Å². The molecular formula is C16H25N3O. The molecule has 0 spiro atoms. The highest BCUT2D eigenvalue weighted by Crippen LogP contribution is 2.10. The van der Waals surface area contributed by atoms with E-state index < -0.39 is 0 Å². The molecule has 1 fully saturated rings. The van der Waals surface area contributed by atoms with Gasteiger partial charge in [0, 0.05) is 32.7 Å². The number of benzene rings is 1. The summed E-state index contributed by atoms with van der Waals surface area (Å²) in [6.07, 6.45) is 3.53. The zero-order valence-corrected chi connectivity index (χ0v) is 12.1. The van der Waals surface area contributed by atoms with Gasteiger partial charge in [0.15, 0.2) is 0 Å². The van der Waals surface area contributed by atoms with Crippen LogP contribution < -0.4 is 5.73 Å². The van der Waals surface area contributed by atoms with E-state index in [1.54, 1.807) is 0 Å². The van der Waals surface area contributed by atoms with Crippen LogP contribution >= 0.6 is 0 Å². The smallest absolute Gasteiger partial charge is 0.236 e. The van der Waals surface area contributed by atoms with Gasteiger partial charge in [-0.25, -0.2) is 0 Å². The summed E-state index contributed by atoms with van der Waals surface area (Å²) in [7, 11) is 0. The second-order valence-corrected chi connectivity index (χ2v) is 5.43. The maximum absolute atomic E-state index is 12.3. The molecule has 1 aliphatic rings. The van der Waals surface area contributed by atoms with Crippen LogP contribution in [0.1, 0.15) is 24.8 Å². The van der Waals surface area contributed by atoms with Gasteiger partial charge in [-0.15, -0.1) is 0 Å². The van der Waals surface area contributed by atoms with Crippen LogP contribution in [0.3, 0.4) is 0 Å². The van der Waals surface area contributed by atoms with E-state index in [2.05, 4.69) is 17.0 Å². The fraction of sp³-hybridized carbons (Fsp3) is 0.562. The lowest BCUT2D eigenvalue weighted by Crippen LogP contribution is -2.43. The molecule has 1 amide bonds. The molecule has 0 radical (unpaired) electrons. The van der Waals surface area contributed by atoms with Gasteiger partial charge in [0.05, 0.1) is 6.54 Å². The Morgan fingerprint density at radius 2 is 1.85 bits per heavy atom. The second-order valence-electron chi connectivity index (χ2n) is 5.43. The Kier molecular flexibility index (Phi) is 6.02. The highest BCUT2D eigenvalue weighted by molar-refractivity contribution is 5.78. The zero-order chi connectivity index (χ0) is 14.2. The maximum Gasteiger partial charge on any atom is 0.236 e. The lowest BCUT2D eigenvalue weighted by atomic mass is 10.1. The van der Waals surface area contributed by atoms with Crippen LogP contribution in [-0.2, 0) is 11.3 Å². The predicted octanol–water partition coefficient (Wildman–Crippen LogP) is 1.46. The van der Waals surface area contributed by atoms with Crippen LogP contribution in [0.5, 0.6) is 0 Å². The van der Waals surface area contributed by atoms with Crippen LogP contribution in [0, 0.1) is 0 Å². The monoisotopic (exact) mass is 275 g/mol. The minimum Gasteiger partial charge on any atom is -0.342 e. The Bertz CT molecular complexity index is 401. The molecule has 1 heterocycles. The number of hydrogen-bond donors (Lipinski definition) is 1. The summed E-state index contributed by atoms with van der Waals surface area (Å²) < 4.78 is 0. The van der Waals surface area contributed by atoms with Crippen molar-refractivity contribution in [2.24, 2.45) is 5.73 Å². The van der Waals surface area contributed by atoms with E-state index in [1.807, 2.05) is 23.1 Å². The fourth-order valence-electron chi connectivity index (χ4n) is 2.67. The highest BCUT2D eigenvalue weighted by Gasteiger charge is 2.19. The Morgan fingerprint density at radius 1 is 1.15 bits per heavy atom. The summed E-state index contributed by atoms with van der Waals surface area (Å²) in [5.41, 5.74) is 6.90.